The monoisotopic (exact) mass is 675 g/mol. The van der Waals surface area contributed by atoms with Crippen LogP contribution in [-0.2, 0) is 0 Å². The van der Waals surface area contributed by atoms with E-state index in [9.17, 15) is 0 Å². The molecule has 10 aromatic rings. The minimum Gasteiger partial charge on any atom is -0.456 e. The zero-order valence-corrected chi connectivity index (χ0v) is 28.1. The molecule has 0 radical (unpaired) electrons. The second-order valence-corrected chi connectivity index (χ2v) is 14.2. The van der Waals surface area contributed by atoms with Crippen molar-refractivity contribution in [3.05, 3.63) is 168 Å². The van der Waals surface area contributed by atoms with Crippen LogP contribution in [0.25, 0.3) is 75.2 Å². The Labute approximate surface area is 296 Å². The van der Waals surface area contributed by atoms with Gasteiger partial charge in [-0.1, -0.05) is 115 Å². The van der Waals surface area contributed by atoms with Crippen molar-refractivity contribution in [3.8, 4) is 11.1 Å². The molecule has 7 aromatic carbocycles. The smallest absolute Gasteiger partial charge is 0.143 e. The van der Waals surface area contributed by atoms with E-state index in [1.807, 2.05) is 41.7 Å². The number of rotatable bonds is 4. The molecular weight excluding hydrogens is 647 g/mol. The Bertz CT molecular complexity index is 3010. The molecule has 51 heavy (non-hydrogen) atoms. The predicted octanol–water partition coefficient (Wildman–Crippen LogP) is 11.9. The van der Waals surface area contributed by atoms with Gasteiger partial charge in [-0.3, -0.25) is 5.32 Å². The average Bonchev–Trinajstić information content (AvgIpc) is 3.89. The largest absolute Gasteiger partial charge is 0.456 e. The number of furan rings is 2. The minimum atomic E-state index is -0.273. The maximum Gasteiger partial charge on any atom is 0.143 e. The lowest BCUT2D eigenvalue weighted by Crippen LogP contribution is -2.45. The zero-order valence-electron chi connectivity index (χ0n) is 27.3. The molecule has 4 heterocycles. The molecule has 1 aliphatic rings. The summed E-state index contributed by atoms with van der Waals surface area (Å²) in [4.78, 5) is 5.24. The van der Waals surface area contributed by atoms with E-state index in [-0.39, 0.29) is 12.3 Å². The third-order valence-corrected chi connectivity index (χ3v) is 11.4. The number of hydrogen-bond acceptors (Lipinski definition) is 6. The average molecular weight is 676 g/mol. The highest BCUT2D eigenvalue weighted by Crippen LogP contribution is 2.42. The fourth-order valence-corrected chi connectivity index (χ4v) is 8.96. The van der Waals surface area contributed by atoms with Gasteiger partial charge in [0.1, 0.15) is 40.5 Å². The molecule has 5 nitrogen and oxygen atoms in total. The number of thiophene rings is 1. The van der Waals surface area contributed by atoms with E-state index >= 15 is 0 Å². The molecule has 0 fully saturated rings. The molecule has 6 heteroatoms. The van der Waals surface area contributed by atoms with Crippen LogP contribution < -0.4 is 10.6 Å². The summed E-state index contributed by atoms with van der Waals surface area (Å²) in [6, 6.07) is 53.2. The van der Waals surface area contributed by atoms with Crippen molar-refractivity contribution in [2.45, 2.75) is 12.3 Å². The van der Waals surface area contributed by atoms with Crippen LogP contribution in [0, 0.1) is 0 Å². The molecule has 0 aliphatic carbocycles. The summed E-state index contributed by atoms with van der Waals surface area (Å²) in [5.74, 6) is 0.862. The van der Waals surface area contributed by atoms with Crippen LogP contribution in [0.15, 0.2) is 165 Å². The molecule has 2 N–H and O–H groups in total. The highest BCUT2D eigenvalue weighted by atomic mass is 32.1. The van der Waals surface area contributed by atoms with Crippen molar-refractivity contribution in [1.29, 1.82) is 0 Å². The summed E-state index contributed by atoms with van der Waals surface area (Å²) in [5, 5.41) is 14.6. The fraction of sp³-hybridized carbons (Fsp3) is 0.0444. The summed E-state index contributed by atoms with van der Waals surface area (Å²) in [7, 11) is 0. The van der Waals surface area contributed by atoms with Crippen molar-refractivity contribution in [3.63, 3.8) is 0 Å². The Morgan fingerprint density at radius 1 is 0.529 bits per heavy atom. The van der Waals surface area contributed by atoms with Crippen LogP contribution in [0.3, 0.4) is 0 Å². The number of para-hydroxylation sites is 3. The van der Waals surface area contributed by atoms with Crippen molar-refractivity contribution in [2.75, 3.05) is 0 Å². The molecular formula is C45H29N3O2S. The van der Waals surface area contributed by atoms with Crippen molar-refractivity contribution >= 4 is 81.2 Å². The van der Waals surface area contributed by atoms with Crippen LogP contribution in [0.2, 0.25) is 0 Å². The van der Waals surface area contributed by atoms with E-state index in [1.54, 1.807) is 0 Å². The zero-order chi connectivity index (χ0) is 33.5. The fourth-order valence-electron chi connectivity index (χ4n) is 7.74. The van der Waals surface area contributed by atoms with Gasteiger partial charge in [0.15, 0.2) is 0 Å². The quantitative estimate of drug-likeness (QED) is 0.195. The lowest BCUT2D eigenvalue weighted by atomic mass is 9.99. The molecule has 1 aliphatic heterocycles. The van der Waals surface area contributed by atoms with Gasteiger partial charge in [-0.15, -0.1) is 11.3 Å². The summed E-state index contributed by atoms with van der Waals surface area (Å²) >= 11 is 1.84. The maximum atomic E-state index is 6.42. The number of nitrogens with one attached hydrogen (secondary N) is 2. The highest BCUT2D eigenvalue weighted by Gasteiger charge is 2.28. The SMILES string of the molecule is c1ccc(C2=NC(c3ccc4oc5ccccc5c4c3)NC(c3cccc4c3sc3ccc(-c5cccc6c5oc5ccccc56)cc34)N2)cc1. The first-order valence-corrected chi connectivity index (χ1v) is 18.0. The molecule has 242 valence electrons. The van der Waals surface area contributed by atoms with Gasteiger partial charge in [-0.25, -0.2) is 4.99 Å². The second kappa shape index (κ2) is 11.2. The topological polar surface area (TPSA) is 62.7 Å². The van der Waals surface area contributed by atoms with Crippen LogP contribution in [-0.4, -0.2) is 5.84 Å². The number of fused-ring (bicyclic) bond motifs is 9. The lowest BCUT2D eigenvalue weighted by Gasteiger charge is -2.32. The normalized spacial score (nSPS) is 16.4. The van der Waals surface area contributed by atoms with Gasteiger partial charge in [-0.05, 0) is 47.5 Å². The summed E-state index contributed by atoms with van der Waals surface area (Å²) in [5.41, 5.74) is 9.18. The first kappa shape index (κ1) is 28.6. The highest BCUT2D eigenvalue weighted by molar-refractivity contribution is 7.26. The molecule has 2 unspecified atom stereocenters. The van der Waals surface area contributed by atoms with E-state index in [2.05, 4.69) is 132 Å². The molecule has 0 amide bonds. The number of aliphatic imine (C=N–C) groups is 1. The maximum absolute atomic E-state index is 6.42. The number of nitrogens with zero attached hydrogens (tertiary/aromatic N) is 1. The predicted molar refractivity (Wildman–Crippen MR) is 210 cm³/mol. The van der Waals surface area contributed by atoms with Gasteiger partial charge in [0, 0.05) is 58.4 Å². The molecule has 11 rings (SSSR count). The van der Waals surface area contributed by atoms with Gasteiger partial charge in [0.25, 0.3) is 0 Å². The van der Waals surface area contributed by atoms with Crippen LogP contribution >= 0.6 is 11.3 Å². The van der Waals surface area contributed by atoms with E-state index < -0.39 is 0 Å². The molecule has 0 saturated heterocycles. The van der Waals surface area contributed by atoms with Crippen molar-refractivity contribution in [1.82, 2.24) is 10.6 Å². The number of hydrogen-bond donors (Lipinski definition) is 2. The van der Waals surface area contributed by atoms with E-state index in [0.29, 0.717) is 0 Å². The van der Waals surface area contributed by atoms with Gasteiger partial charge >= 0.3 is 0 Å². The third kappa shape index (κ3) is 4.54. The molecule has 0 bridgehead atoms. The van der Waals surface area contributed by atoms with E-state index in [0.717, 1.165) is 72.0 Å². The molecule has 3 aromatic heterocycles. The van der Waals surface area contributed by atoms with Crippen LogP contribution in [0.1, 0.15) is 29.0 Å². The molecule has 0 spiro atoms. The van der Waals surface area contributed by atoms with Gasteiger partial charge in [0.05, 0.1) is 0 Å². The van der Waals surface area contributed by atoms with Gasteiger partial charge in [-0.2, -0.15) is 0 Å². The Morgan fingerprint density at radius 2 is 1.25 bits per heavy atom. The Morgan fingerprint density at radius 3 is 2.14 bits per heavy atom. The minimum absolute atomic E-state index is 0.181. The van der Waals surface area contributed by atoms with Crippen LogP contribution in [0.5, 0.6) is 0 Å². The first-order valence-electron chi connectivity index (χ1n) is 17.2. The standard InChI is InChI=1S/C45H29N3O2S/c1-2-10-26(11-3-1)43-46-44(28-20-22-39-35(25-28)31-13-5-6-18-37(31)49-39)48-45(47-43)34-17-9-16-33-36-24-27(21-23-40(36)51-42(33)34)29-14-8-15-32-30-12-4-7-19-38(30)50-41(29)32/h1-25,44-45,48H,(H,46,47). The van der Waals surface area contributed by atoms with Crippen molar-refractivity contribution < 1.29 is 8.83 Å². The third-order valence-electron chi connectivity index (χ3n) is 10.2. The Balaban J connectivity index is 1.03. The van der Waals surface area contributed by atoms with Gasteiger partial charge in [0.2, 0.25) is 0 Å². The summed E-state index contributed by atoms with van der Waals surface area (Å²) < 4.78 is 15.1. The van der Waals surface area contributed by atoms with E-state index in [4.69, 9.17) is 13.8 Å². The molecule has 2 atom stereocenters. The molecule has 0 saturated carbocycles. The summed E-state index contributed by atoms with van der Waals surface area (Å²) in [6.07, 6.45) is -0.454. The number of amidine groups is 1. The Kier molecular flexibility index (Phi) is 6.26. The van der Waals surface area contributed by atoms with E-state index in [1.165, 1.54) is 25.7 Å². The Hall–Kier alpha value is -6.21. The van der Waals surface area contributed by atoms with Crippen LogP contribution in [0.4, 0.5) is 0 Å². The summed E-state index contributed by atoms with van der Waals surface area (Å²) in [6.45, 7) is 0. The first-order chi connectivity index (χ1) is 25.2. The number of benzene rings is 7. The second-order valence-electron chi connectivity index (χ2n) is 13.2. The lowest BCUT2D eigenvalue weighted by molar-refractivity contribution is 0.411. The van der Waals surface area contributed by atoms with Crippen molar-refractivity contribution in [2.24, 2.45) is 4.99 Å². The van der Waals surface area contributed by atoms with Gasteiger partial charge < -0.3 is 14.2 Å².